The van der Waals surface area contributed by atoms with E-state index in [0.717, 1.165) is 58.4 Å². The standard InChI is InChI=1S/C17H27N3O3/c1-18-6-8-19(9-7-18)17(22)23-15-11-12-10-13(15)14-4-2-3-5-20(14)16(12)21/h12-15H,2-11H2,1H3/t12-,13-,14-,15-/m1/s1. The Balaban J connectivity index is 1.42. The van der Waals surface area contributed by atoms with Crippen LogP contribution >= 0.6 is 0 Å². The Kier molecular flexibility index (Phi) is 3.95. The zero-order valence-corrected chi connectivity index (χ0v) is 13.9. The Morgan fingerprint density at radius 2 is 1.87 bits per heavy atom. The van der Waals surface area contributed by atoms with E-state index in [-0.39, 0.29) is 18.1 Å². The van der Waals surface area contributed by atoms with Gasteiger partial charge in [-0.1, -0.05) is 0 Å². The Hall–Kier alpha value is -1.30. The van der Waals surface area contributed by atoms with Gasteiger partial charge in [-0.25, -0.2) is 4.79 Å². The van der Waals surface area contributed by atoms with Crippen LogP contribution in [0.15, 0.2) is 0 Å². The smallest absolute Gasteiger partial charge is 0.410 e. The van der Waals surface area contributed by atoms with Crippen molar-refractivity contribution in [2.24, 2.45) is 11.8 Å². The summed E-state index contributed by atoms with van der Waals surface area (Å²) >= 11 is 0. The molecule has 0 aromatic rings. The molecule has 4 atom stereocenters. The Morgan fingerprint density at radius 3 is 2.65 bits per heavy atom. The molecule has 2 amide bonds. The third-order valence-electron chi connectivity index (χ3n) is 6.24. The van der Waals surface area contributed by atoms with Crippen molar-refractivity contribution in [2.45, 2.75) is 44.2 Å². The largest absolute Gasteiger partial charge is 0.446 e. The van der Waals surface area contributed by atoms with Gasteiger partial charge < -0.3 is 19.4 Å². The van der Waals surface area contributed by atoms with E-state index in [4.69, 9.17) is 4.74 Å². The minimum Gasteiger partial charge on any atom is -0.446 e. The molecule has 3 saturated heterocycles. The number of rotatable bonds is 1. The number of ether oxygens (including phenoxy) is 1. The van der Waals surface area contributed by atoms with Crippen molar-refractivity contribution in [1.29, 1.82) is 0 Å². The second-order valence-electron chi connectivity index (χ2n) is 7.64. The molecule has 4 rings (SSSR count). The summed E-state index contributed by atoms with van der Waals surface area (Å²) in [5.74, 6) is 0.748. The van der Waals surface area contributed by atoms with Crippen molar-refractivity contribution in [3.05, 3.63) is 0 Å². The minimum absolute atomic E-state index is 0.0655. The van der Waals surface area contributed by atoms with Crippen LogP contribution in [0.4, 0.5) is 4.79 Å². The Labute approximate surface area is 137 Å². The molecule has 23 heavy (non-hydrogen) atoms. The molecule has 4 fully saturated rings. The van der Waals surface area contributed by atoms with E-state index >= 15 is 0 Å². The number of carbonyl (C=O) groups is 2. The summed E-state index contributed by atoms with van der Waals surface area (Å²) in [5, 5.41) is 0. The molecule has 6 nitrogen and oxygen atoms in total. The Morgan fingerprint density at radius 1 is 1.09 bits per heavy atom. The molecular weight excluding hydrogens is 294 g/mol. The average molecular weight is 321 g/mol. The third-order valence-corrected chi connectivity index (χ3v) is 6.24. The highest BCUT2D eigenvalue weighted by Crippen LogP contribution is 2.45. The SMILES string of the molecule is CN1CCN(C(=O)O[C@@H]2C[C@H]3C[C@@H]2[C@H]2CCCCN2C3=O)CC1. The first-order chi connectivity index (χ1) is 11.1. The fourth-order valence-electron chi connectivity index (χ4n) is 4.88. The maximum Gasteiger partial charge on any atom is 0.410 e. The van der Waals surface area contributed by atoms with Crippen LogP contribution in [-0.2, 0) is 9.53 Å². The maximum atomic E-state index is 12.6. The molecule has 4 aliphatic rings. The lowest BCUT2D eigenvalue weighted by Crippen LogP contribution is -2.53. The number of piperazine rings is 1. The number of likely N-dealkylation sites (N-methyl/N-ethyl adjacent to an activating group) is 1. The topological polar surface area (TPSA) is 53.1 Å². The van der Waals surface area contributed by atoms with Crippen LogP contribution in [0.1, 0.15) is 32.1 Å². The van der Waals surface area contributed by atoms with Crippen molar-refractivity contribution in [3.8, 4) is 0 Å². The molecule has 0 N–H and O–H groups in total. The third kappa shape index (κ3) is 2.71. The van der Waals surface area contributed by atoms with Crippen LogP contribution in [0, 0.1) is 11.8 Å². The number of fused-ring (bicyclic) bond motifs is 4. The van der Waals surface area contributed by atoms with E-state index in [1.54, 1.807) is 0 Å². The first kappa shape index (κ1) is 15.2. The molecule has 0 aromatic carbocycles. The molecule has 2 bridgehead atoms. The fraction of sp³-hybridized carbons (Fsp3) is 0.882. The fourth-order valence-corrected chi connectivity index (χ4v) is 4.88. The summed E-state index contributed by atoms with van der Waals surface area (Å²) in [6.45, 7) is 4.19. The predicted molar refractivity (Wildman–Crippen MR) is 84.9 cm³/mol. The van der Waals surface area contributed by atoms with Crippen molar-refractivity contribution in [1.82, 2.24) is 14.7 Å². The molecule has 0 radical (unpaired) electrons. The summed E-state index contributed by atoms with van der Waals surface area (Å²) in [6.07, 6.45) is 4.79. The lowest BCUT2D eigenvalue weighted by atomic mass is 9.84. The van der Waals surface area contributed by atoms with Crippen LogP contribution in [0.25, 0.3) is 0 Å². The number of nitrogens with zero attached hydrogens (tertiary/aromatic N) is 3. The van der Waals surface area contributed by atoms with Gasteiger partial charge >= 0.3 is 6.09 Å². The van der Waals surface area contributed by atoms with Crippen molar-refractivity contribution < 1.29 is 14.3 Å². The molecule has 1 aliphatic carbocycles. The van der Waals surface area contributed by atoms with Gasteiger partial charge in [-0.3, -0.25) is 4.79 Å². The molecule has 6 heteroatoms. The highest BCUT2D eigenvalue weighted by atomic mass is 16.6. The van der Waals surface area contributed by atoms with Gasteiger partial charge in [0.15, 0.2) is 0 Å². The van der Waals surface area contributed by atoms with Gasteiger partial charge in [0.1, 0.15) is 6.10 Å². The summed E-state index contributed by atoms with van der Waals surface area (Å²) in [6, 6.07) is 0.306. The monoisotopic (exact) mass is 321 g/mol. The molecule has 1 saturated carbocycles. The average Bonchev–Trinajstić information content (AvgIpc) is 2.94. The van der Waals surface area contributed by atoms with Crippen molar-refractivity contribution in [2.75, 3.05) is 39.8 Å². The van der Waals surface area contributed by atoms with Crippen LogP contribution in [-0.4, -0.2) is 78.6 Å². The number of amides is 2. The summed E-state index contributed by atoms with van der Waals surface area (Å²) in [7, 11) is 2.08. The van der Waals surface area contributed by atoms with E-state index in [9.17, 15) is 9.59 Å². The lowest BCUT2D eigenvalue weighted by Gasteiger charge is -2.43. The van der Waals surface area contributed by atoms with E-state index in [1.807, 2.05) is 4.90 Å². The van der Waals surface area contributed by atoms with Crippen LogP contribution in [0.2, 0.25) is 0 Å². The quantitative estimate of drug-likeness (QED) is 0.727. The predicted octanol–water partition coefficient (Wildman–Crippen LogP) is 1.16. The van der Waals surface area contributed by atoms with Gasteiger partial charge in [0.05, 0.1) is 0 Å². The number of hydrogen-bond acceptors (Lipinski definition) is 4. The summed E-state index contributed by atoms with van der Waals surface area (Å²) in [5.41, 5.74) is 0. The van der Waals surface area contributed by atoms with E-state index in [0.29, 0.717) is 17.9 Å². The van der Waals surface area contributed by atoms with Crippen molar-refractivity contribution in [3.63, 3.8) is 0 Å². The molecule has 3 heterocycles. The zero-order chi connectivity index (χ0) is 16.0. The van der Waals surface area contributed by atoms with E-state index < -0.39 is 0 Å². The number of hydrogen-bond donors (Lipinski definition) is 0. The van der Waals surface area contributed by atoms with Crippen LogP contribution in [0.5, 0.6) is 0 Å². The first-order valence-electron chi connectivity index (χ1n) is 9.08. The van der Waals surface area contributed by atoms with Gasteiger partial charge in [0.2, 0.25) is 5.91 Å². The number of piperidine rings is 2. The van der Waals surface area contributed by atoms with Crippen LogP contribution in [0.3, 0.4) is 0 Å². The Bertz CT molecular complexity index is 489. The van der Waals surface area contributed by atoms with Gasteiger partial charge in [-0.05, 0) is 39.2 Å². The molecule has 128 valence electrons. The van der Waals surface area contributed by atoms with E-state index in [1.165, 1.54) is 6.42 Å². The lowest BCUT2D eigenvalue weighted by molar-refractivity contribution is -0.143. The number of carbonyl (C=O) groups excluding carboxylic acids is 2. The molecule has 3 aliphatic heterocycles. The maximum absolute atomic E-state index is 12.6. The van der Waals surface area contributed by atoms with Gasteiger partial charge in [0.25, 0.3) is 0 Å². The molecule has 0 unspecified atom stereocenters. The second kappa shape index (κ2) is 5.96. The van der Waals surface area contributed by atoms with E-state index in [2.05, 4.69) is 16.8 Å². The van der Waals surface area contributed by atoms with Gasteiger partial charge in [-0.2, -0.15) is 0 Å². The highest BCUT2D eigenvalue weighted by molar-refractivity contribution is 5.81. The van der Waals surface area contributed by atoms with Gasteiger partial charge in [0, 0.05) is 50.6 Å². The second-order valence-corrected chi connectivity index (χ2v) is 7.64. The first-order valence-corrected chi connectivity index (χ1v) is 9.08. The summed E-state index contributed by atoms with van der Waals surface area (Å²) < 4.78 is 5.89. The molecule has 0 aromatic heterocycles. The zero-order valence-electron chi connectivity index (χ0n) is 13.9. The van der Waals surface area contributed by atoms with Crippen LogP contribution < -0.4 is 0 Å². The minimum atomic E-state index is -0.176. The van der Waals surface area contributed by atoms with Crippen molar-refractivity contribution >= 4 is 12.0 Å². The van der Waals surface area contributed by atoms with Gasteiger partial charge in [-0.15, -0.1) is 0 Å². The normalized spacial score (nSPS) is 37.7. The summed E-state index contributed by atoms with van der Waals surface area (Å²) in [4.78, 5) is 31.2. The highest BCUT2D eigenvalue weighted by Gasteiger charge is 2.52. The molecule has 0 spiro atoms. The molecular formula is C17H27N3O3.